The fourth-order valence-electron chi connectivity index (χ4n) is 1.27. The van der Waals surface area contributed by atoms with Crippen LogP contribution in [0.4, 0.5) is 19.0 Å². The van der Waals surface area contributed by atoms with Gasteiger partial charge in [0.2, 0.25) is 5.88 Å². The molecule has 94 valence electrons. The lowest BCUT2D eigenvalue weighted by molar-refractivity contribution is -0.137. The maximum Gasteiger partial charge on any atom is 0.416 e. The Morgan fingerprint density at radius 1 is 1.22 bits per heavy atom. The second kappa shape index (κ2) is 4.52. The number of ether oxygens (including phenoxy) is 1. The first-order chi connectivity index (χ1) is 8.45. The highest BCUT2D eigenvalue weighted by Gasteiger charge is 2.31. The van der Waals surface area contributed by atoms with Gasteiger partial charge in [0.1, 0.15) is 11.6 Å². The number of aromatic nitrogens is 2. The zero-order chi connectivity index (χ0) is 13.2. The van der Waals surface area contributed by atoms with Crippen LogP contribution in [0.25, 0.3) is 0 Å². The average molecular weight is 255 g/mol. The van der Waals surface area contributed by atoms with Gasteiger partial charge in [-0.3, -0.25) is 4.98 Å². The highest BCUT2D eigenvalue weighted by molar-refractivity contribution is 5.39. The van der Waals surface area contributed by atoms with Crippen LogP contribution in [-0.2, 0) is 6.18 Å². The van der Waals surface area contributed by atoms with Crippen LogP contribution in [0, 0.1) is 0 Å². The molecule has 0 spiro atoms. The van der Waals surface area contributed by atoms with E-state index in [1.807, 2.05) is 0 Å². The molecule has 0 fully saturated rings. The summed E-state index contributed by atoms with van der Waals surface area (Å²) in [4.78, 5) is 7.44. The molecule has 0 amide bonds. The van der Waals surface area contributed by atoms with Crippen molar-refractivity contribution in [2.24, 2.45) is 0 Å². The van der Waals surface area contributed by atoms with E-state index >= 15 is 0 Å². The summed E-state index contributed by atoms with van der Waals surface area (Å²) in [5.41, 5.74) is 4.39. The van der Waals surface area contributed by atoms with Crippen LogP contribution in [0.15, 0.2) is 36.7 Å². The quantitative estimate of drug-likeness (QED) is 0.896. The number of nitrogen functional groups attached to an aromatic ring is 1. The number of nitrogens with two attached hydrogens (primary N) is 1. The largest absolute Gasteiger partial charge is 0.437 e. The molecule has 2 aromatic rings. The summed E-state index contributed by atoms with van der Waals surface area (Å²) in [6.45, 7) is 0. The highest BCUT2D eigenvalue weighted by atomic mass is 19.4. The van der Waals surface area contributed by atoms with Crippen molar-refractivity contribution in [1.29, 1.82) is 0 Å². The summed E-state index contributed by atoms with van der Waals surface area (Å²) in [7, 11) is 0. The van der Waals surface area contributed by atoms with Gasteiger partial charge in [0.15, 0.2) is 0 Å². The minimum absolute atomic E-state index is 0.227. The van der Waals surface area contributed by atoms with Crippen LogP contribution in [0.2, 0.25) is 0 Å². The first-order valence-electron chi connectivity index (χ1n) is 4.88. The van der Waals surface area contributed by atoms with Crippen molar-refractivity contribution >= 4 is 5.82 Å². The fraction of sp³-hybridized carbons (Fsp3) is 0.0909. The number of anilines is 1. The van der Waals surface area contributed by atoms with Gasteiger partial charge in [-0.05, 0) is 18.2 Å². The molecular weight excluding hydrogens is 247 g/mol. The van der Waals surface area contributed by atoms with Crippen LogP contribution >= 0.6 is 0 Å². The molecular formula is C11H8F3N3O. The molecule has 7 heteroatoms. The van der Waals surface area contributed by atoms with E-state index in [1.54, 1.807) is 12.1 Å². The van der Waals surface area contributed by atoms with Crippen molar-refractivity contribution in [3.8, 4) is 11.6 Å². The van der Waals surface area contributed by atoms with E-state index in [4.69, 9.17) is 10.5 Å². The lowest BCUT2D eigenvalue weighted by Crippen LogP contribution is -2.07. The van der Waals surface area contributed by atoms with Crippen molar-refractivity contribution in [2.75, 3.05) is 5.73 Å². The topological polar surface area (TPSA) is 61.0 Å². The monoisotopic (exact) mass is 255 g/mol. The number of alkyl halides is 3. The Kier molecular flexibility index (Phi) is 3.05. The minimum atomic E-state index is -4.50. The Hall–Kier alpha value is -2.31. The molecule has 0 unspecified atom stereocenters. The van der Waals surface area contributed by atoms with Gasteiger partial charge in [0.25, 0.3) is 0 Å². The maximum absolute atomic E-state index is 12.5. The van der Waals surface area contributed by atoms with Gasteiger partial charge in [-0.2, -0.15) is 18.2 Å². The third-order valence-corrected chi connectivity index (χ3v) is 2.01. The predicted molar refractivity (Wildman–Crippen MR) is 58.0 cm³/mol. The summed E-state index contributed by atoms with van der Waals surface area (Å²) in [5, 5.41) is 0. The van der Waals surface area contributed by atoms with E-state index in [2.05, 4.69) is 9.97 Å². The van der Waals surface area contributed by atoms with Crippen molar-refractivity contribution < 1.29 is 17.9 Å². The van der Waals surface area contributed by atoms with Crippen LogP contribution < -0.4 is 10.5 Å². The van der Waals surface area contributed by atoms with Gasteiger partial charge in [0.05, 0.1) is 11.8 Å². The molecule has 2 rings (SSSR count). The van der Waals surface area contributed by atoms with E-state index in [0.29, 0.717) is 0 Å². The summed E-state index contributed by atoms with van der Waals surface area (Å²) in [6.07, 6.45) is -1.62. The number of hydrogen-bond donors (Lipinski definition) is 1. The number of rotatable bonds is 2. The number of nitrogens with zero attached hydrogens (tertiary/aromatic N) is 2. The van der Waals surface area contributed by atoms with Crippen LogP contribution in [0.3, 0.4) is 0 Å². The van der Waals surface area contributed by atoms with Gasteiger partial charge >= 0.3 is 6.18 Å². The standard InChI is InChI=1S/C11H8F3N3O/c12-11(13,14)7-4-9(15)17-10(5-7)18-8-2-1-3-16-6-8/h1-6H,(H2,15,17). The molecule has 18 heavy (non-hydrogen) atoms. The number of pyridine rings is 2. The van der Waals surface area contributed by atoms with E-state index in [0.717, 1.165) is 12.1 Å². The van der Waals surface area contributed by atoms with Gasteiger partial charge in [-0.25, -0.2) is 0 Å². The molecule has 0 saturated heterocycles. The smallest absolute Gasteiger partial charge is 0.416 e. The molecule has 0 atom stereocenters. The Balaban J connectivity index is 2.32. The second-order valence-corrected chi connectivity index (χ2v) is 3.41. The molecule has 0 saturated carbocycles. The molecule has 0 bridgehead atoms. The predicted octanol–water partition coefficient (Wildman–Crippen LogP) is 2.87. The summed E-state index contributed by atoms with van der Waals surface area (Å²) in [6, 6.07) is 4.66. The number of hydrogen-bond acceptors (Lipinski definition) is 4. The molecule has 2 heterocycles. The van der Waals surface area contributed by atoms with Crippen LogP contribution in [0.5, 0.6) is 11.6 Å². The lowest BCUT2D eigenvalue weighted by atomic mass is 10.2. The van der Waals surface area contributed by atoms with Gasteiger partial charge in [-0.15, -0.1) is 0 Å². The zero-order valence-electron chi connectivity index (χ0n) is 8.98. The van der Waals surface area contributed by atoms with Gasteiger partial charge in [0, 0.05) is 12.3 Å². The van der Waals surface area contributed by atoms with Crippen molar-refractivity contribution in [1.82, 2.24) is 9.97 Å². The second-order valence-electron chi connectivity index (χ2n) is 3.41. The molecule has 0 aliphatic rings. The molecule has 2 aromatic heterocycles. The average Bonchev–Trinajstić information content (AvgIpc) is 2.28. The lowest BCUT2D eigenvalue weighted by Gasteiger charge is -2.10. The van der Waals surface area contributed by atoms with Crippen molar-refractivity contribution in [3.05, 3.63) is 42.2 Å². The molecule has 0 aliphatic heterocycles. The normalized spacial score (nSPS) is 11.3. The Bertz CT molecular complexity index is 543. The highest BCUT2D eigenvalue weighted by Crippen LogP contribution is 2.32. The van der Waals surface area contributed by atoms with Gasteiger partial charge in [-0.1, -0.05) is 0 Å². The molecule has 0 aromatic carbocycles. The molecule has 0 aliphatic carbocycles. The first-order valence-corrected chi connectivity index (χ1v) is 4.88. The maximum atomic E-state index is 12.5. The first kappa shape index (κ1) is 12.2. The summed E-state index contributed by atoms with van der Waals surface area (Å²) >= 11 is 0. The Labute approximate surface area is 100 Å². The van der Waals surface area contributed by atoms with E-state index in [1.165, 1.54) is 12.4 Å². The Morgan fingerprint density at radius 2 is 2.00 bits per heavy atom. The van der Waals surface area contributed by atoms with E-state index in [-0.39, 0.29) is 17.4 Å². The van der Waals surface area contributed by atoms with Crippen molar-refractivity contribution in [2.45, 2.75) is 6.18 Å². The van der Waals surface area contributed by atoms with E-state index < -0.39 is 11.7 Å². The van der Waals surface area contributed by atoms with E-state index in [9.17, 15) is 13.2 Å². The summed E-state index contributed by atoms with van der Waals surface area (Å²) in [5.74, 6) is -0.206. The Morgan fingerprint density at radius 3 is 2.61 bits per heavy atom. The molecule has 4 nitrogen and oxygen atoms in total. The van der Waals surface area contributed by atoms with Crippen molar-refractivity contribution in [3.63, 3.8) is 0 Å². The van der Waals surface area contributed by atoms with Gasteiger partial charge < -0.3 is 10.5 Å². The third-order valence-electron chi connectivity index (χ3n) is 2.01. The minimum Gasteiger partial charge on any atom is -0.437 e. The van der Waals surface area contributed by atoms with Crippen LogP contribution in [0.1, 0.15) is 5.56 Å². The van der Waals surface area contributed by atoms with Crippen LogP contribution in [-0.4, -0.2) is 9.97 Å². The summed E-state index contributed by atoms with van der Waals surface area (Å²) < 4.78 is 42.7. The zero-order valence-corrected chi connectivity index (χ0v) is 8.98. The third kappa shape index (κ3) is 2.88. The molecule has 2 N–H and O–H groups in total. The SMILES string of the molecule is Nc1cc(C(F)(F)F)cc(Oc2cccnc2)n1. The fourth-order valence-corrected chi connectivity index (χ4v) is 1.27. The number of halogens is 3. The molecule has 0 radical (unpaired) electrons.